The summed E-state index contributed by atoms with van der Waals surface area (Å²) in [6.45, 7) is 8.49. The summed E-state index contributed by atoms with van der Waals surface area (Å²) in [6, 6.07) is 39.1. The Hall–Kier alpha value is -4.56. The second-order valence-electron chi connectivity index (χ2n) is 9.80. The number of allylic oxidation sites excluding steroid dienone is 1. The molecule has 0 atom stereocenters. The van der Waals surface area contributed by atoms with E-state index in [-0.39, 0.29) is 0 Å². The summed E-state index contributed by atoms with van der Waals surface area (Å²) in [5.41, 5.74) is 11.9. The highest BCUT2D eigenvalue weighted by Crippen LogP contribution is 2.36. The van der Waals surface area contributed by atoms with Crippen molar-refractivity contribution < 1.29 is 0 Å². The van der Waals surface area contributed by atoms with Gasteiger partial charge in [-0.3, -0.25) is 0 Å². The molecule has 4 aromatic carbocycles. The van der Waals surface area contributed by atoms with Gasteiger partial charge in [0.25, 0.3) is 0 Å². The first-order chi connectivity index (χ1) is 18.5. The third kappa shape index (κ3) is 5.55. The first-order valence-electron chi connectivity index (χ1n) is 13.1. The van der Waals surface area contributed by atoms with Crippen molar-refractivity contribution in [3.63, 3.8) is 0 Å². The zero-order chi connectivity index (χ0) is 26.5. The Morgan fingerprint density at radius 2 is 1.11 bits per heavy atom. The summed E-state index contributed by atoms with van der Waals surface area (Å²) in [7, 11) is 0. The summed E-state index contributed by atoms with van der Waals surface area (Å²) in [5.74, 6) is 0. The van der Waals surface area contributed by atoms with Crippen molar-refractivity contribution in [1.82, 2.24) is 4.57 Å². The highest BCUT2D eigenvalue weighted by Gasteiger charge is 2.13. The van der Waals surface area contributed by atoms with Crippen LogP contribution in [-0.2, 0) is 0 Å². The summed E-state index contributed by atoms with van der Waals surface area (Å²) < 4.78 is 2.28. The normalized spacial score (nSPS) is 11.5. The van der Waals surface area contributed by atoms with Crippen LogP contribution < -0.4 is 4.90 Å². The average Bonchev–Trinajstić information content (AvgIpc) is 3.32. The summed E-state index contributed by atoms with van der Waals surface area (Å²) in [5, 5.41) is 0. The second-order valence-corrected chi connectivity index (χ2v) is 9.80. The predicted molar refractivity (Wildman–Crippen MR) is 165 cm³/mol. The van der Waals surface area contributed by atoms with E-state index in [1.54, 1.807) is 0 Å². The molecule has 2 heteroatoms. The van der Waals surface area contributed by atoms with E-state index in [9.17, 15) is 0 Å². The Bertz CT molecular complexity index is 1550. The van der Waals surface area contributed by atoms with Crippen LogP contribution in [0.5, 0.6) is 0 Å². The van der Waals surface area contributed by atoms with Gasteiger partial charge in [-0.25, -0.2) is 0 Å². The Labute approximate surface area is 226 Å². The lowest BCUT2D eigenvalue weighted by Crippen LogP contribution is -2.10. The van der Waals surface area contributed by atoms with E-state index in [0.717, 1.165) is 34.0 Å². The molecular weight excluding hydrogens is 460 g/mol. The summed E-state index contributed by atoms with van der Waals surface area (Å²) in [6.07, 6.45) is 8.60. The van der Waals surface area contributed by atoms with Crippen LogP contribution in [-0.4, -0.2) is 4.57 Å². The number of rotatable bonds is 7. The van der Waals surface area contributed by atoms with Gasteiger partial charge in [-0.1, -0.05) is 66.2 Å². The monoisotopic (exact) mass is 494 g/mol. The van der Waals surface area contributed by atoms with Crippen molar-refractivity contribution in [2.45, 2.75) is 27.7 Å². The molecule has 0 saturated heterocycles. The van der Waals surface area contributed by atoms with Gasteiger partial charge >= 0.3 is 0 Å². The van der Waals surface area contributed by atoms with Crippen molar-refractivity contribution in [3.8, 4) is 5.69 Å². The maximum atomic E-state index is 2.33. The topological polar surface area (TPSA) is 8.17 Å². The van der Waals surface area contributed by atoms with Crippen molar-refractivity contribution in [2.24, 2.45) is 0 Å². The fourth-order valence-corrected chi connectivity index (χ4v) is 4.91. The van der Waals surface area contributed by atoms with Gasteiger partial charge in [-0.2, -0.15) is 0 Å². The maximum absolute atomic E-state index is 2.33. The lowest BCUT2D eigenvalue weighted by atomic mass is 10.1. The number of hydrogen-bond acceptors (Lipinski definition) is 1. The Balaban J connectivity index is 1.48. The van der Waals surface area contributed by atoms with E-state index in [1.165, 1.54) is 22.4 Å². The molecular formula is C36H34N2. The molecule has 0 amide bonds. The minimum atomic E-state index is 1.14. The van der Waals surface area contributed by atoms with Crippen molar-refractivity contribution in [1.29, 1.82) is 0 Å². The third-order valence-electron chi connectivity index (χ3n) is 6.65. The van der Waals surface area contributed by atoms with Gasteiger partial charge in [0.1, 0.15) is 0 Å². The molecule has 0 aliphatic carbocycles. The highest BCUT2D eigenvalue weighted by molar-refractivity contribution is 5.79. The molecule has 0 N–H and O–H groups in total. The SMILES string of the molecule is CC=Cc1ccc(C=Cc2ccc(N(c3ccc(C)cc3)c3cc(C)cc(C)c3)cc2)n1-c1ccccc1. The minimum absolute atomic E-state index is 1.14. The smallest absolute Gasteiger partial charge is 0.0466 e. The summed E-state index contributed by atoms with van der Waals surface area (Å²) >= 11 is 0. The molecule has 0 bridgehead atoms. The molecule has 38 heavy (non-hydrogen) atoms. The van der Waals surface area contributed by atoms with Crippen LogP contribution in [0.1, 0.15) is 40.6 Å². The van der Waals surface area contributed by atoms with E-state index in [1.807, 2.05) is 0 Å². The van der Waals surface area contributed by atoms with Gasteiger partial charge in [0.2, 0.25) is 0 Å². The van der Waals surface area contributed by atoms with Crippen LogP contribution >= 0.6 is 0 Å². The molecule has 188 valence electrons. The van der Waals surface area contributed by atoms with Gasteiger partial charge in [0.15, 0.2) is 0 Å². The number of hydrogen-bond donors (Lipinski definition) is 0. The number of nitrogens with zero attached hydrogens (tertiary/aromatic N) is 2. The molecule has 5 rings (SSSR count). The number of anilines is 3. The van der Waals surface area contributed by atoms with Gasteiger partial charge in [0, 0.05) is 34.1 Å². The van der Waals surface area contributed by atoms with Gasteiger partial charge < -0.3 is 9.47 Å². The summed E-state index contributed by atoms with van der Waals surface area (Å²) in [4.78, 5) is 2.33. The molecule has 1 heterocycles. The van der Waals surface area contributed by atoms with Crippen molar-refractivity contribution in [3.05, 3.63) is 149 Å². The van der Waals surface area contributed by atoms with Crippen molar-refractivity contribution in [2.75, 3.05) is 4.90 Å². The average molecular weight is 495 g/mol. The van der Waals surface area contributed by atoms with Crippen molar-refractivity contribution >= 4 is 35.3 Å². The first-order valence-corrected chi connectivity index (χ1v) is 13.1. The number of para-hydroxylation sites is 1. The fourth-order valence-electron chi connectivity index (χ4n) is 4.91. The largest absolute Gasteiger partial charge is 0.311 e. The Morgan fingerprint density at radius 3 is 1.71 bits per heavy atom. The maximum Gasteiger partial charge on any atom is 0.0466 e. The van der Waals surface area contributed by atoms with E-state index in [0.29, 0.717) is 0 Å². The molecule has 0 fully saturated rings. The molecule has 0 saturated carbocycles. The van der Waals surface area contributed by atoms with Crippen LogP contribution in [0.2, 0.25) is 0 Å². The molecule has 2 nitrogen and oxygen atoms in total. The van der Waals surface area contributed by atoms with Crippen LogP contribution in [0, 0.1) is 20.8 Å². The zero-order valence-corrected chi connectivity index (χ0v) is 22.6. The van der Waals surface area contributed by atoms with E-state index in [4.69, 9.17) is 0 Å². The van der Waals surface area contributed by atoms with Crippen LogP contribution in [0.25, 0.3) is 23.9 Å². The number of benzene rings is 4. The Kier molecular flexibility index (Phi) is 7.42. The molecule has 0 aliphatic heterocycles. The van der Waals surface area contributed by atoms with E-state index < -0.39 is 0 Å². The Morgan fingerprint density at radius 1 is 0.526 bits per heavy atom. The fraction of sp³-hybridized carbons (Fsp3) is 0.111. The predicted octanol–water partition coefficient (Wildman–Crippen LogP) is 10.1. The molecule has 0 radical (unpaired) electrons. The lowest BCUT2D eigenvalue weighted by Gasteiger charge is -2.26. The quantitative estimate of drug-likeness (QED) is 0.218. The molecule has 0 unspecified atom stereocenters. The molecule has 0 spiro atoms. The number of aromatic nitrogens is 1. The van der Waals surface area contributed by atoms with E-state index in [2.05, 4.69) is 171 Å². The molecule has 0 aliphatic rings. The van der Waals surface area contributed by atoms with Gasteiger partial charge in [0.05, 0.1) is 0 Å². The third-order valence-corrected chi connectivity index (χ3v) is 6.65. The van der Waals surface area contributed by atoms with E-state index >= 15 is 0 Å². The van der Waals surface area contributed by atoms with Crippen LogP contribution in [0.3, 0.4) is 0 Å². The zero-order valence-electron chi connectivity index (χ0n) is 22.6. The molecule has 1 aromatic heterocycles. The van der Waals surface area contributed by atoms with Gasteiger partial charge in [-0.05, 0) is 117 Å². The van der Waals surface area contributed by atoms with Crippen LogP contribution in [0.15, 0.2) is 115 Å². The van der Waals surface area contributed by atoms with Crippen LogP contribution in [0.4, 0.5) is 17.1 Å². The first kappa shape index (κ1) is 25.1. The highest BCUT2D eigenvalue weighted by atomic mass is 15.1. The van der Waals surface area contributed by atoms with Gasteiger partial charge in [-0.15, -0.1) is 0 Å². The molecule has 5 aromatic rings. The number of aryl methyl sites for hydroxylation is 3. The minimum Gasteiger partial charge on any atom is -0.311 e. The second kappa shape index (κ2) is 11.2. The standard InChI is InChI=1S/C36H34N2/c1-5-9-31-22-23-35(37(31)32-10-7-6-8-11-32)21-16-30-14-19-34(20-15-30)38(33-17-12-27(2)13-18-33)36-25-28(3)24-29(4)26-36/h5-26H,1-4H3. The lowest BCUT2D eigenvalue weighted by molar-refractivity contribution is 1.05.